The molecule has 1 heterocycles. The number of urea groups is 1. The van der Waals surface area contributed by atoms with Gasteiger partial charge in [-0.2, -0.15) is 0 Å². The predicted molar refractivity (Wildman–Crippen MR) is 84.4 cm³/mol. The summed E-state index contributed by atoms with van der Waals surface area (Å²) in [6.07, 6.45) is 0.524. The van der Waals surface area contributed by atoms with Crippen LogP contribution >= 0.6 is 0 Å². The largest absolute Gasteiger partial charge is 0.322 e. The summed E-state index contributed by atoms with van der Waals surface area (Å²) in [5.74, 6) is 0.242. The fraction of sp³-hybridized carbons (Fsp3) is 0.533. The number of benzene rings is 1. The normalized spacial score (nSPS) is 20.2. The number of para-hydroxylation sites is 1. The van der Waals surface area contributed by atoms with Crippen molar-refractivity contribution in [3.05, 3.63) is 29.3 Å². The first-order valence-electron chi connectivity index (χ1n) is 7.18. The molecule has 1 fully saturated rings. The molecule has 5 nitrogen and oxygen atoms in total. The SMILES string of the molecule is CCN(C(=O)Nc1c(C)cccc1C)C1CCS(=O)(=O)C1. The lowest BCUT2D eigenvalue weighted by molar-refractivity contribution is 0.197. The average molecular weight is 310 g/mol. The van der Waals surface area contributed by atoms with Crippen molar-refractivity contribution in [3.63, 3.8) is 0 Å². The highest BCUT2D eigenvalue weighted by Gasteiger charge is 2.34. The van der Waals surface area contributed by atoms with E-state index in [1.807, 2.05) is 39.0 Å². The number of carbonyl (C=O) groups is 1. The van der Waals surface area contributed by atoms with Crippen molar-refractivity contribution >= 4 is 21.6 Å². The van der Waals surface area contributed by atoms with E-state index < -0.39 is 9.84 Å². The Kier molecular flexibility index (Phi) is 4.56. The molecule has 1 unspecified atom stereocenters. The maximum atomic E-state index is 12.5. The smallest absolute Gasteiger partial charge is 0.321 e. The second-order valence-corrected chi connectivity index (χ2v) is 7.77. The van der Waals surface area contributed by atoms with E-state index in [0.717, 1.165) is 16.8 Å². The van der Waals surface area contributed by atoms with Gasteiger partial charge in [0, 0.05) is 18.3 Å². The van der Waals surface area contributed by atoms with Crippen LogP contribution < -0.4 is 5.32 Å². The summed E-state index contributed by atoms with van der Waals surface area (Å²) in [6.45, 7) is 6.25. The van der Waals surface area contributed by atoms with Gasteiger partial charge >= 0.3 is 6.03 Å². The number of anilines is 1. The van der Waals surface area contributed by atoms with Crippen molar-refractivity contribution < 1.29 is 13.2 Å². The van der Waals surface area contributed by atoms with Gasteiger partial charge in [0.25, 0.3) is 0 Å². The van der Waals surface area contributed by atoms with Crippen molar-refractivity contribution in [1.82, 2.24) is 4.90 Å². The summed E-state index contributed by atoms with van der Waals surface area (Å²) in [4.78, 5) is 14.1. The fourth-order valence-electron chi connectivity index (χ4n) is 2.78. The lowest BCUT2D eigenvalue weighted by Crippen LogP contribution is -2.43. The lowest BCUT2D eigenvalue weighted by atomic mass is 10.1. The van der Waals surface area contributed by atoms with Gasteiger partial charge in [-0.05, 0) is 38.3 Å². The molecule has 1 saturated heterocycles. The molecule has 6 heteroatoms. The van der Waals surface area contributed by atoms with Crippen molar-refractivity contribution in [1.29, 1.82) is 0 Å². The van der Waals surface area contributed by atoms with E-state index in [4.69, 9.17) is 0 Å². The molecule has 1 aromatic rings. The number of nitrogens with one attached hydrogen (secondary N) is 1. The number of carbonyl (C=O) groups excluding carboxylic acids is 1. The van der Waals surface area contributed by atoms with E-state index in [0.29, 0.717) is 13.0 Å². The minimum absolute atomic E-state index is 0.0705. The van der Waals surface area contributed by atoms with Gasteiger partial charge in [-0.15, -0.1) is 0 Å². The van der Waals surface area contributed by atoms with Crippen LogP contribution in [-0.2, 0) is 9.84 Å². The first-order chi connectivity index (χ1) is 9.84. The summed E-state index contributed by atoms with van der Waals surface area (Å²) in [5, 5.41) is 2.93. The first-order valence-corrected chi connectivity index (χ1v) is 9.00. The van der Waals surface area contributed by atoms with Crippen LogP contribution in [-0.4, -0.2) is 43.4 Å². The molecule has 2 rings (SSSR count). The van der Waals surface area contributed by atoms with E-state index in [1.165, 1.54) is 0 Å². The van der Waals surface area contributed by atoms with Crippen LogP contribution in [0, 0.1) is 13.8 Å². The number of sulfone groups is 1. The molecule has 0 radical (unpaired) electrons. The van der Waals surface area contributed by atoms with Gasteiger partial charge in [0.2, 0.25) is 0 Å². The van der Waals surface area contributed by atoms with Crippen molar-refractivity contribution in [2.24, 2.45) is 0 Å². The van der Waals surface area contributed by atoms with Crippen molar-refractivity contribution in [3.8, 4) is 0 Å². The summed E-state index contributed by atoms with van der Waals surface area (Å²) in [6, 6.07) is 5.39. The molecule has 21 heavy (non-hydrogen) atoms. The minimum Gasteiger partial charge on any atom is -0.321 e. The number of rotatable bonds is 3. The van der Waals surface area contributed by atoms with Gasteiger partial charge in [-0.25, -0.2) is 13.2 Å². The molecule has 0 saturated carbocycles. The molecule has 1 N–H and O–H groups in total. The Bertz CT molecular complexity index is 620. The number of nitrogens with zero attached hydrogens (tertiary/aromatic N) is 1. The Morgan fingerprint density at radius 1 is 1.33 bits per heavy atom. The lowest BCUT2D eigenvalue weighted by Gasteiger charge is -2.27. The first kappa shape index (κ1) is 15.8. The molecule has 0 bridgehead atoms. The molecule has 0 aromatic heterocycles. The molecule has 1 aliphatic heterocycles. The van der Waals surface area contributed by atoms with Gasteiger partial charge < -0.3 is 10.2 Å². The van der Waals surface area contributed by atoms with Gasteiger partial charge in [0.15, 0.2) is 9.84 Å². The second kappa shape index (κ2) is 6.05. The Morgan fingerprint density at radius 2 is 1.95 bits per heavy atom. The Morgan fingerprint density at radius 3 is 2.43 bits per heavy atom. The third kappa shape index (κ3) is 3.56. The molecule has 1 atom stereocenters. The van der Waals surface area contributed by atoms with E-state index in [-0.39, 0.29) is 23.6 Å². The number of amides is 2. The van der Waals surface area contributed by atoms with Gasteiger partial charge in [0.05, 0.1) is 11.5 Å². The van der Waals surface area contributed by atoms with Crippen LogP contribution in [0.5, 0.6) is 0 Å². The zero-order valence-electron chi connectivity index (χ0n) is 12.7. The van der Waals surface area contributed by atoms with Crippen LogP contribution in [0.2, 0.25) is 0 Å². The topological polar surface area (TPSA) is 66.5 Å². The highest BCUT2D eigenvalue weighted by Crippen LogP contribution is 2.22. The van der Waals surface area contributed by atoms with Gasteiger partial charge in [-0.1, -0.05) is 18.2 Å². The molecule has 116 valence electrons. The third-order valence-electron chi connectivity index (χ3n) is 3.96. The summed E-state index contributed by atoms with van der Waals surface area (Å²) < 4.78 is 23.2. The van der Waals surface area contributed by atoms with E-state index in [2.05, 4.69) is 5.32 Å². The Balaban J connectivity index is 2.15. The van der Waals surface area contributed by atoms with Crippen LogP contribution in [0.3, 0.4) is 0 Å². The van der Waals surface area contributed by atoms with Crippen LogP contribution in [0.25, 0.3) is 0 Å². The number of hydrogen-bond acceptors (Lipinski definition) is 3. The van der Waals surface area contributed by atoms with Crippen molar-refractivity contribution in [2.75, 3.05) is 23.4 Å². The summed E-state index contributed by atoms with van der Waals surface area (Å²) in [7, 11) is -2.99. The van der Waals surface area contributed by atoms with Crippen LogP contribution in [0.15, 0.2) is 18.2 Å². The highest BCUT2D eigenvalue weighted by atomic mass is 32.2. The maximum Gasteiger partial charge on any atom is 0.322 e. The Hall–Kier alpha value is -1.56. The predicted octanol–water partition coefficient (Wildman–Crippen LogP) is 2.34. The third-order valence-corrected chi connectivity index (χ3v) is 5.71. The van der Waals surface area contributed by atoms with Gasteiger partial charge in [0.1, 0.15) is 0 Å². The summed E-state index contributed by atoms with van der Waals surface area (Å²) >= 11 is 0. The molecule has 1 aromatic carbocycles. The maximum absolute atomic E-state index is 12.5. The van der Waals surface area contributed by atoms with E-state index in [9.17, 15) is 13.2 Å². The monoisotopic (exact) mass is 310 g/mol. The number of hydrogen-bond donors (Lipinski definition) is 1. The standard InChI is InChI=1S/C15H22N2O3S/c1-4-17(13-8-9-21(19,20)10-13)15(18)16-14-11(2)6-5-7-12(14)3/h5-7,13H,4,8-10H2,1-3H3,(H,16,18). The number of aryl methyl sites for hydroxylation is 2. The highest BCUT2D eigenvalue weighted by molar-refractivity contribution is 7.91. The van der Waals surface area contributed by atoms with Crippen molar-refractivity contribution in [2.45, 2.75) is 33.2 Å². The quantitative estimate of drug-likeness (QED) is 0.932. The molecular weight excluding hydrogens is 288 g/mol. The van der Waals surface area contributed by atoms with E-state index >= 15 is 0 Å². The van der Waals surface area contributed by atoms with Crippen LogP contribution in [0.4, 0.5) is 10.5 Å². The molecule has 0 aliphatic carbocycles. The second-order valence-electron chi connectivity index (χ2n) is 5.54. The Labute approximate surface area is 126 Å². The summed E-state index contributed by atoms with van der Waals surface area (Å²) in [5.41, 5.74) is 2.80. The van der Waals surface area contributed by atoms with E-state index in [1.54, 1.807) is 4.90 Å². The van der Waals surface area contributed by atoms with Crippen LogP contribution in [0.1, 0.15) is 24.5 Å². The average Bonchev–Trinajstić information content (AvgIpc) is 2.75. The zero-order valence-corrected chi connectivity index (χ0v) is 13.5. The fourth-order valence-corrected chi connectivity index (χ4v) is 4.51. The molecule has 1 aliphatic rings. The minimum atomic E-state index is -2.99. The molecule has 2 amide bonds. The molecule has 0 spiro atoms. The zero-order chi connectivity index (χ0) is 15.6. The van der Waals surface area contributed by atoms with Gasteiger partial charge in [-0.3, -0.25) is 0 Å². The molecular formula is C15H22N2O3S.